The minimum atomic E-state index is -1.46. The standard InChI is InChI=1S/C32H30N2O8/c1-32(2,3)41-30(38)26(17-27(35)42-34-28(36)23-15-9-10-16-24(23)29(34)37)33(4)31(39)40-18-25-21-13-7-5-11-19(21)20-12-6-8-14-22(20)25/h5-16,25-26H,17-18H2,1-4H3/t26-/m0/s1. The number of nitrogens with zero attached hydrogens (tertiary/aromatic N) is 2. The zero-order chi connectivity index (χ0) is 30.2. The molecule has 42 heavy (non-hydrogen) atoms. The van der Waals surface area contributed by atoms with E-state index in [1.165, 1.54) is 19.2 Å². The quantitative estimate of drug-likeness (QED) is 0.296. The molecule has 1 atom stereocenters. The summed E-state index contributed by atoms with van der Waals surface area (Å²) in [7, 11) is 1.31. The molecule has 0 saturated carbocycles. The van der Waals surface area contributed by atoms with E-state index in [1.807, 2.05) is 48.5 Å². The van der Waals surface area contributed by atoms with Crippen molar-refractivity contribution >= 4 is 29.8 Å². The van der Waals surface area contributed by atoms with Crippen molar-refractivity contribution < 1.29 is 38.3 Å². The van der Waals surface area contributed by atoms with Crippen LogP contribution in [0, 0.1) is 0 Å². The van der Waals surface area contributed by atoms with Gasteiger partial charge in [0, 0.05) is 13.0 Å². The minimum Gasteiger partial charge on any atom is -0.458 e. The molecule has 0 N–H and O–H groups in total. The highest BCUT2D eigenvalue weighted by Gasteiger charge is 2.41. The molecule has 0 fully saturated rings. The molecular weight excluding hydrogens is 540 g/mol. The van der Waals surface area contributed by atoms with Crippen LogP contribution in [0.25, 0.3) is 11.1 Å². The van der Waals surface area contributed by atoms with Gasteiger partial charge in [0.2, 0.25) is 0 Å². The molecule has 2 aliphatic rings. The Morgan fingerprint density at radius 3 is 1.79 bits per heavy atom. The highest BCUT2D eigenvalue weighted by molar-refractivity contribution is 6.20. The van der Waals surface area contributed by atoms with Gasteiger partial charge in [-0.1, -0.05) is 65.7 Å². The van der Waals surface area contributed by atoms with Gasteiger partial charge in [0.25, 0.3) is 11.8 Å². The number of fused-ring (bicyclic) bond motifs is 4. The molecule has 10 nitrogen and oxygen atoms in total. The van der Waals surface area contributed by atoms with Crippen molar-refractivity contribution in [3.8, 4) is 11.1 Å². The largest absolute Gasteiger partial charge is 0.458 e. The van der Waals surface area contributed by atoms with Crippen molar-refractivity contribution in [2.75, 3.05) is 13.7 Å². The Labute approximate surface area is 242 Å². The van der Waals surface area contributed by atoms with Crippen LogP contribution in [0.2, 0.25) is 0 Å². The van der Waals surface area contributed by atoms with Crippen molar-refractivity contribution in [2.45, 2.75) is 44.8 Å². The molecule has 3 aromatic carbocycles. The number of rotatable bonds is 7. The Morgan fingerprint density at radius 2 is 1.29 bits per heavy atom. The third-order valence-corrected chi connectivity index (χ3v) is 7.08. The van der Waals surface area contributed by atoms with Gasteiger partial charge in [0.05, 0.1) is 17.5 Å². The van der Waals surface area contributed by atoms with E-state index in [-0.39, 0.29) is 23.7 Å². The van der Waals surface area contributed by atoms with Crippen LogP contribution < -0.4 is 0 Å². The minimum absolute atomic E-state index is 0.00226. The van der Waals surface area contributed by atoms with Crippen molar-refractivity contribution in [1.82, 2.24) is 9.96 Å². The van der Waals surface area contributed by atoms with E-state index in [0.29, 0.717) is 5.06 Å². The topological polar surface area (TPSA) is 120 Å². The molecule has 0 spiro atoms. The first-order valence-electron chi connectivity index (χ1n) is 13.5. The summed E-state index contributed by atoms with van der Waals surface area (Å²) >= 11 is 0. The van der Waals surface area contributed by atoms with Crippen LogP contribution in [0.3, 0.4) is 0 Å². The summed E-state index contributed by atoms with van der Waals surface area (Å²) in [5.41, 5.74) is 3.41. The maximum atomic E-state index is 13.2. The second kappa shape index (κ2) is 11.1. The van der Waals surface area contributed by atoms with Gasteiger partial charge >= 0.3 is 18.0 Å². The molecule has 3 amide bonds. The molecule has 216 valence electrons. The fourth-order valence-electron chi connectivity index (χ4n) is 5.12. The Bertz CT molecular complexity index is 1510. The lowest BCUT2D eigenvalue weighted by Crippen LogP contribution is -2.47. The molecule has 3 aromatic rings. The van der Waals surface area contributed by atoms with Crippen LogP contribution >= 0.6 is 0 Å². The van der Waals surface area contributed by atoms with Gasteiger partial charge in [-0.15, -0.1) is 0 Å². The summed E-state index contributed by atoms with van der Waals surface area (Å²) in [5.74, 6) is -3.78. The number of ether oxygens (including phenoxy) is 2. The second-order valence-corrected chi connectivity index (χ2v) is 11.1. The molecule has 0 bridgehead atoms. The van der Waals surface area contributed by atoms with Crippen LogP contribution in [0.1, 0.15) is 65.0 Å². The van der Waals surface area contributed by atoms with E-state index in [9.17, 15) is 24.0 Å². The van der Waals surface area contributed by atoms with Crippen LogP contribution in [0.15, 0.2) is 72.8 Å². The van der Waals surface area contributed by atoms with Crippen molar-refractivity contribution in [3.05, 3.63) is 95.1 Å². The number of hydrogen-bond acceptors (Lipinski definition) is 8. The van der Waals surface area contributed by atoms with E-state index in [0.717, 1.165) is 27.2 Å². The van der Waals surface area contributed by atoms with Gasteiger partial charge in [-0.3, -0.25) is 14.5 Å². The summed E-state index contributed by atoms with van der Waals surface area (Å²) in [6.45, 7) is 4.93. The fraction of sp³-hybridized carbons (Fsp3) is 0.281. The number of carbonyl (C=O) groups is 5. The molecule has 5 rings (SSSR count). The van der Waals surface area contributed by atoms with Crippen LogP contribution in [-0.4, -0.2) is 65.1 Å². The third-order valence-electron chi connectivity index (χ3n) is 7.08. The average molecular weight is 571 g/mol. The normalized spacial score (nSPS) is 14.5. The van der Waals surface area contributed by atoms with E-state index in [4.69, 9.17) is 14.3 Å². The number of amides is 3. The molecule has 0 saturated heterocycles. The first-order chi connectivity index (χ1) is 20.0. The van der Waals surface area contributed by atoms with Crippen LogP contribution in [0.4, 0.5) is 4.79 Å². The second-order valence-electron chi connectivity index (χ2n) is 11.1. The van der Waals surface area contributed by atoms with Gasteiger partial charge in [0.1, 0.15) is 18.2 Å². The van der Waals surface area contributed by atoms with Crippen LogP contribution in [-0.2, 0) is 23.9 Å². The number of carbonyl (C=O) groups excluding carboxylic acids is 5. The number of imide groups is 1. The van der Waals surface area contributed by atoms with Crippen molar-refractivity contribution in [2.24, 2.45) is 0 Å². The first kappa shape index (κ1) is 28.5. The predicted molar refractivity (Wildman–Crippen MR) is 150 cm³/mol. The SMILES string of the molecule is CN(C(=O)OCC1c2ccccc2-c2ccccc21)[C@@H](CC(=O)ON1C(=O)c2ccccc2C1=O)C(=O)OC(C)(C)C. The monoisotopic (exact) mass is 570 g/mol. The molecule has 1 aliphatic carbocycles. The zero-order valence-corrected chi connectivity index (χ0v) is 23.7. The smallest absolute Gasteiger partial charge is 0.410 e. The summed E-state index contributed by atoms with van der Waals surface area (Å²) in [5, 5.41) is 0.354. The maximum Gasteiger partial charge on any atom is 0.410 e. The Kier molecular flexibility index (Phi) is 7.55. The molecule has 1 heterocycles. The zero-order valence-electron chi connectivity index (χ0n) is 23.7. The first-order valence-corrected chi connectivity index (χ1v) is 13.5. The number of hydrogen-bond donors (Lipinski definition) is 0. The van der Waals surface area contributed by atoms with Gasteiger partial charge in [-0.2, -0.15) is 0 Å². The molecular formula is C32H30N2O8. The van der Waals surface area contributed by atoms with E-state index >= 15 is 0 Å². The highest BCUT2D eigenvalue weighted by atomic mass is 16.7. The lowest BCUT2D eigenvalue weighted by atomic mass is 9.98. The summed E-state index contributed by atoms with van der Waals surface area (Å²) in [6, 6.07) is 20.3. The third kappa shape index (κ3) is 5.47. The summed E-state index contributed by atoms with van der Waals surface area (Å²) in [4.78, 5) is 70.6. The van der Waals surface area contributed by atoms with E-state index < -0.39 is 47.9 Å². The van der Waals surface area contributed by atoms with Crippen LogP contribution in [0.5, 0.6) is 0 Å². The number of esters is 1. The Morgan fingerprint density at radius 1 is 0.810 bits per heavy atom. The fourth-order valence-corrected chi connectivity index (χ4v) is 5.12. The van der Waals surface area contributed by atoms with E-state index in [2.05, 4.69) is 0 Å². The molecule has 10 heteroatoms. The number of likely N-dealkylation sites (N-methyl/N-ethyl adjacent to an activating group) is 1. The molecule has 0 aromatic heterocycles. The average Bonchev–Trinajstić information content (AvgIpc) is 3.40. The number of benzene rings is 3. The highest BCUT2D eigenvalue weighted by Crippen LogP contribution is 2.44. The van der Waals surface area contributed by atoms with Crippen molar-refractivity contribution in [1.29, 1.82) is 0 Å². The van der Waals surface area contributed by atoms with Gasteiger partial charge < -0.3 is 14.3 Å². The molecule has 1 aliphatic heterocycles. The maximum absolute atomic E-state index is 13.2. The lowest BCUT2D eigenvalue weighted by molar-refractivity contribution is -0.174. The van der Waals surface area contributed by atoms with Gasteiger partial charge in [0.15, 0.2) is 0 Å². The van der Waals surface area contributed by atoms with Gasteiger partial charge in [-0.25, -0.2) is 14.4 Å². The summed E-state index contributed by atoms with van der Waals surface area (Å²) < 4.78 is 11.1. The van der Waals surface area contributed by atoms with Crippen molar-refractivity contribution in [3.63, 3.8) is 0 Å². The molecule has 0 unspecified atom stereocenters. The summed E-state index contributed by atoms with van der Waals surface area (Å²) in [6.07, 6.45) is -1.55. The predicted octanol–water partition coefficient (Wildman–Crippen LogP) is 4.72. The Hall–Kier alpha value is -4.99. The Balaban J connectivity index is 1.30. The molecule has 0 radical (unpaired) electrons. The number of hydroxylamine groups is 2. The van der Waals surface area contributed by atoms with Gasteiger partial charge in [-0.05, 0) is 55.2 Å². The lowest BCUT2D eigenvalue weighted by Gasteiger charge is -2.29. The van der Waals surface area contributed by atoms with E-state index in [1.54, 1.807) is 32.9 Å².